The number of hydrogen-bond donors (Lipinski definition) is 2. The molecule has 0 bridgehead atoms. The monoisotopic (exact) mass is 310 g/mol. The summed E-state index contributed by atoms with van der Waals surface area (Å²) >= 11 is 0. The molecule has 1 aromatic rings. The zero-order chi connectivity index (χ0) is 16.6. The minimum absolute atomic E-state index is 0.158. The lowest BCUT2D eigenvalue weighted by molar-refractivity contribution is -0.688. The van der Waals surface area contributed by atoms with Gasteiger partial charge < -0.3 is 19.9 Å². The number of nitrogens with two attached hydrogens (primary N) is 1. The minimum atomic E-state index is -0.423. The largest absolute Gasteiger partial charge is 0.491 e. The smallest absolute Gasteiger partial charge is 0.126 e. The van der Waals surface area contributed by atoms with Crippen LogP contribution in [0, 0.1) is 0 Å². The highest BCUT2D eigenvalue weighted by Crippen LogP contribution is 2.24. The van der Waals surface area contributed by atoms with Crippen LogP contribution in [-0.4, -0.2) is 43.6 Å². The van der Waals surface area contributed by atoms with Crippen LogP contribution in [0.4, 0.5) is 0 Å². The topological polar surface area (TPSA) is 55.3 Å². The summed E-state index contributed by atoms with van der Waals surface area (Å²) in [6.45, 7) is 12.8. The van der Waals surface area contributed by atoms with Gasteiger partial charge in [0, 0.05) is 0 Å². The first kappa shape index (κ1) is 18.9. The summed E-state index contributed by atoms with van der Waals surface area (Å²) in [5, 5.41) is 11.8. The van der Waals surface area contributed by atoms with E-state index in [1.165, 1.54) is 5.56 Å². The fraction of sp³-hybridized carbons (Fsp3) is 0.667. The third-order valence-electron chi connectivity index (χ3n) is 3.41. The molecule has 0 saturated carbocycles. The lowest BCUT2D eigenvalue weighted by Gasteiger charge is -2.19. The highest BCUT2D eigenvalue weighted by molar-refractivity contribution is 5.31. The van der Waals surface area contributed by atoms with Crippen LogP contribution in [0.2, 0.25) is 0 Å². The van der Waals surface area contributed by atoms with Crippen molar-refractivity contribution in [2.75, 3.05) is 26.4 Å². The first-order valence-electron chi connectivity index (χ1n) is 8.11. The zero-order valence-corrected chi connectivity index (χ0v) is 14.6. The van der Waals surface area contributed by atoms with Crippen LogP contribution in [-0.2, 0) is 10.2 Å². The average Bonchev–Trinajstić information content (AvgIpc) is 2.44. The molecule has 0 amide bonds. The van der Waals surface area contributed by atoms with E-state index < -0.39 is 6.10 Å². The number of aliphatic hydroxyl groups excluding tert-OH is 1. The molecule has 0 radical (unpaired) electrons. The zero-order valence-electron chi connectivity index (χ0n) is 14.6. The van der Waals surface area contributed by atoms with Crippen molar-refractivity contribution < 1.29 is 19.9 Å². The Morgan fingerprint density at radius 1 is 1.09 bits per heavy atom. The summed E-state index contributed by atoms with van der Waals surface area (Å²) in [5.74, 6) is 0.852. The van der Waals surface area contributed by atoms with Crippen molar-refractivity contribution in [3.8, 4) is 5.75 Å². The van der Waals surface area contributed by atoms with Gasteiger partial charge in [-0.1, -0.05) is 32.9 Å². The van der Waals surface area contributed by atoms with Gasteiger partial charge in [-0.05, 0) is 37.0 Å². The van der Waals surface area contributed by atoms with Gasteiger partial charge in [0.05, 0.1) is 19.3 Å². The number of aliphatic hydroxyl groups is 1. The number of quaternary nitrogens is 1. The molecule has 0 aromatic heterocycles. The second-order valence-electron chi connectivity index (χ2n) is 7.07. The van der Waals surface area contributed by atoms with Gasteiger partial charge in [0.2, 0.25) is 0 Å². The van der Waals surface area contributed by atoms with Crippen LogP contribution in [0.3, 0.4) is 0 Å². The van der Waals surface area contributed by atoms with E-state index in [0.717, 1.165) is 5.75 Å². The summed E-state index contributed by atoms with van der Waals surface area (Å²) in [6, 6.07) is 8.68. The molecule has 0 aliphatic heterocycles. The van der Waals surface area contributed by atoms with Gasteiger partial charge in [-0.2, -0.15) is 0 Å². The molecule has 0 aliphatic rings. The van der Waals surface area contributed by atoms with E-state index >= 15 is 0 Å². The number of rotatable bonds is 9. The van der Waals surface area contributed by atoms with Crippen molar-refractivity contribution in [3.63, 3.8) is 0 Å². The van der Waals surface area contributed by atoms with E-state index in [1.54, 1.807) is 0 Å². The summed E-state index contributed by atoms with van der Waals surface area (Å²) in [4.78, 5) is 0. The van der Waals surface area contributed by atoms with Gasteiger partial charge in [0.25, 0.3) is 0 Å². The first-order valence-corrected chi connectivity index (χ1v) is 8.11. The van der Waals surface area contributed by atoms with Crippen LogP contribution in [0.1, 0.15) is 40.2 Å². The van der Waals surface area contributed by atoms with Crippen LogP contribution < -0.4 is 10.1 Å². The first-order chi connectivity index (χ1) is 10.3. The second kappa shape index (κ2) is 9.13. The Hall–Kier alpha value is -1.10. The van der Waals surface area contributed by atoms with Crippen LogP contribution in [0.15, 0.2) is 24.3 Å². The highest BCUT2D eigenvalue weighted by Gasteiger charge is 2.13. The molecule has 0 fully saturated rings. The number of ether oxygens (including phenoxy) is 2. The Balaban J connectivity index is 2.17. The van der Waals surface area contributed by atoms with Crippen LogP contribution >= 0.6 is 0 Å². The third-order valence-corrected chi connectivity index (χ3v) is 3.41. The predicted molar refractivity (Wildman–Crippen MR) is 89.4 cm³/mol. The Labute approximate surface area is 134 Å². The summed E-state index contributed by atoms with van der Waals surface area (Å²) in [7, 11) is 0. The van der Waals surface area contributed by atoms with Gasteiger partial charge in [0.15, 0.2) is 0 Å². The molecule has 0 aliphatic carbocycles. The molecule has 1 atom stereocenters. The van der Waals surface area contributed by atoms with E-state index in [4.69, 9.17) is 9.47 Å². The van der Waals surface area contributed by atoms with Gasteiger partial charge in [0.1, 0.15) is 25.0 Å². The fourth-order valence-electron chi connectivity index (χ4n) is 1.99. The van der Waals surface area contributed by atoms with E-state index in [1.807, 2.05) is 12.1 Å². The molecule has 22 heavy (non-hydrogen) atoms. The maximum Gasteiger partial charge on any atom is 0.126 e. The van der Waals surface area contributed by atoms with Gasteiger partial charge in [-0.3, -0.25) is 0 Å². The molecular weight excluding hydrogens is 278 g/mol. The number of hydrogen-bond acceptors (Lipinski definition) is 3. The third kappa shape index (κ3) is 7.78. The molecule has 126 valence electrons. The molecule has 0 spiro atoms. The lowest BCUT2D eigenvalue weighted by atomic mass is 9.87. The molecule has 0 heterocycles. The molecular formula is C18H32NO3+. The Kier molecular flexibility index (Phi) is 7.87. The van der Waals surface area contributed by atoms with Crippen LogP contribution in [0.5, 0.6) is 5.75 Å². The van der Waals surface area contributed by atoms with E-state index in [-0.39, 0.29) is 5.41 Å². The maximum atomic E-state index is 9.72. The molecule has 0 unspecified atom stereocenters. The average molecular weight is 310 g/mol. The molecule has 0 saturated heterocycles. The van der Waals surface area contributed by atoms with Crippen molar-refractivity contribution in [3.05, 3.63) is 29.8 Å². The molecule has 1 aromatic carbocycles. The SMILES string of the molecule is CC(C)[NH2+]C[C@H](O)COCCOc1ccc(C(C)(C)C)cc1. The minimum Gasteiger partial charge on any atom is -0.491 e. The summed E-state index contributed by atoms with van der Waals surface area (Å²) in [6.07, 6.45) is -0.423. The highest BCUT2D eigenvalue weighted by atomic mass is 16.5. The van der Waals surface area contributed by atoms with Crippen molar-refractivity contribution in [1.82, 2.24) is 0 Å². The standard InChI is InChI=1S/C18H31NO3/c1-14(2)19-12-16(20)13-21-10-11-22-17-8-6-15(7-9-17)18(3,4)5/h6-9,14,16,19-20H,10-13H2,1-5H3/p+1/t16-/m0/s1. The second-order valence-corrected chi connectivity index (χ2v) is 7.07. The normalized spacial score (nSPS) is 13.4. The maximum absolute atomic E-state index is 9.72. The molecule has 4 nitrogen and oxygen atoms in total. The van der Waals surface area contributed by atoms with Crippen molar-refractivity contribution in [2.24, 2.45) is 0 Å². The number of benzene rings is 1. The Morgan fingerprint density at radius 3 is 2.27 bits per heavy atom. The summed E-state index contributed by atoms with van der Waals surface area (Å²) < 4.78 is 11.1. The van der Waals surface area contributed by atoms with Gasteiger partial charge >= 0.3 is 0 Å². The predicted octanol–water partition coefficient (Wildman–Crippen LogP) is 1.71. The lowest BCUT2D eigenvalue weighted by Crippen LogP contribution is -2.90. The Bertz CT molecular complexity index is 409. The van der Waals surface area contributed by atoms with Crippen LogP contribution in [0.25, 0.3) is 0 Å². The van der Waals surface area contributed by atoms with Gasteiger partial charge in [-0.25, -0.2) is 0 Å². The van der Waals surface area contributed by atoms with Crippen molar-refractivity contribution in [1.29, 1.82) is 0 Å². The Morgan fingerprint density at radius 2 is 1.73 bits per heavy atom. The fourth-order valence-corrected chi connectivity index (χ4v) is 1.99. The molecule has 3 N–H and O–H groups in total. The molecule has 4 heteroatoms. The van der Waals surface area contributed by atoms with Crippen molar-refractivity contribution in [2.45, 2.75) is 52.2 Å². The summed E-state index contributed by atoms with van der Waals surface area (Å²) in [5.41, 5.74) is 1.45. The van der Waals surface area contributed by atoms with E-state index in [2.05, 4.69) is 52.1 Å². The van der Waals surface area contributed by atoms with Gasteiger partial charge in [-0.15, -0.1) is 0 Å². The van der Waals surface area contributed by atoms with E-state index in [9.17, 15) is 5.11 Å². The van der Waals surface area contributed by atoms with E-state index in [0.29, 0.717) is 32.4 Å². The quantitative estimate of drug-likeness (QED) is 0.683. The van der Waals surface area contributed by atoms with Crippen molar-refractivity contribution >= 4 is 0 Å². The molecule has 1 rings (SSSR count).